The monoisotopic (exact) mass is 422 g/mol. The van der Waals surface area contributed by atoms with Crippen molar-refractivity contribution in [3.05, 3.63) is 71.3 Å². The van der Waals surface area contributed by atoms with Crippen molar-refractivity contribution in [3.63, 3.8) is 0 Å². The van der Waals surface area contributed by atoms with Crippen LogP contribution in [0.2, 0.25) is 0 Å². The van der Waals surface area contributed by atoms with Crippen LogP contribution in [0.25, 0.3) is 11.2 Å². The number of hydrogen-bond donors (Lipinski definition) is 1. The molecule has 4 aromatic rings. The average molecular weight is 422 g/mol. The second kappa shape index (κ2) is 8.58. The van der Waals surface area contributed by atoms with Crippen molar-refractivity contribution in [2.75, 3.05) is 11.1 Å². The van der Waals surface area contributed by atoms with E-state index in [9.17, 15) is 9.18 Å². The molecule has 0 fully saturated rings. The minimum atomic E-state index is -0.290. The number of aryl methyl sites for hydroxylation is 2. The maximum absolute atomic E-state index is 13.1. The highest BCUT2D eigenvalue weighted by Gasteiger charge is 2.14. The van der Waals surface area contributed by atoms with Crippen LogP contribution in [-0.4, -0.2) is 36.6 Å². The molecule has 7 nitrogen and oxygen atoms in total. The van der Waals surface area contributed by atoms with Gasteiger partial charge in [0.2, 0.25) is 5.91 Å². The van der Waals surface area contributed by atoms with Gasteiger partial charge in [-0.15, -0.1) is 5.10 Å². The van der Waals surface area contributed by atoms with Crippen LogP contribution in [0.5, 0.6) is 0 Å². The third-order valence-electron chi connectivity index (χ3n) is 4.36. The Balaban J connectivity index is 1.46. The normalized spacial score (nSPS) is 11.0. The highest BCUT2D eigenvalue weighted by molar-refractivity contribution is 8.00. The first-order valence-corrected chi connectivity index (χ1v) is 10.3. The highest BCUT2D eigenvalue weighted by atomic mass is 32.2. The molecule has 30 heavy (non-hydrogen) atoms. The fourth-order valence-electron chi connectivity index (χ4n) is 3.12. The topological polar surface area (TPSA) is 85.6 Å². The van der Waals surface area contributed by atoms with E-state index < -0.39 is 0 Å². The molecule has 1 amide bonds. The van der Waals surface area contributed by atoms with Crippen LogP contribution in [0, 0.1) is 19.7 Å². The number of nitrogens with zero attached hydrogens (tertiary/aromatic N) is 5. The molecule has 0 saturated carbocycles. The minimum Gasteiger partial charge on any atom is -0.325 e. The van der Waals surface area contributed by atoms with Gasteiger partial charge in [-0.1, -0.05) is 35.2 Å². The SMILES string of the molecule is Cc1cc(C)cc(NC(=O)CSc2ncnc3c2nnn3Cc2ccc(F)cc2)c1. The lowest BCUT2D eigenvalue weighted by Crippen LogP contribution is -2.14. The van der Waals surface area contributed by atoms with Crippen LogP contribution < -0.4 is 5.32 Å². The fraction of sp³-hybridized carbons (Fsp3) is 0.190. The molecule has 0 atom stereocenters. The number of carbonyl (C=O) groups is 1. The Morgan fingerprint density at radius 3 is 2.57 bits per heavy atom. The molecule has 2 heterocycles. The molecule has 152 valence electrons. The van der Waals surface area contributed by atoms with Gasteiger partial charge in [0.1, 0.15) is 17.2 Å². The number of halogens is 1. The van der Waals surface area contributed by atoms with Gasteiger partial charge in [-0.2, -0.15) is 0 Å². The second-order valence-electron chi connectivity index (χ2n) is 6.94. The summed E-state index contributed by atoms with van der Waals surface area (Å²) in [4.78, 5) is 20.9. The van der Waals surface area contributed by atoms with E-state index in [0.717, 1.165) is 22.4 Å². The molecular weight excluding hydrogens is 403 g/mol. The lowest BCUT2D eigenvalue weighted by atomic mass is 10.1. The molecule has 0 spiro atoms. The zero-order valence-corrected chi connectivity index (χ0v) is 17.3. The van der Waals surface area contributed by atoms with Gasteiger partial charge in [0.15, 0.2) is 11.2 Å². The van der Waals surface area contributed by atoms with E-state index in [0.29, 0.717) is 22.7 Å². The molecule has 0 aliphatic carbocycles. The van der Waals surface area contributed by atoms with Gasteiger partial charge in [-0.05, 0) is 54.8 Å². The van der Waals surface area contributed by atoms with Crippen molar-refractivity contribution in [1.29, 1.82) is 0 Å². The smallest absolute Gasteiger partial charge is 0.234 e. The molecule has 0 aliphatic rings. The number of fused-ring (bicyclic) bond motifs is 1. The molecule has 1 N–H and O–H groups in total. The van der Waals surface area contributed by atoms with Crippen molar-refractivity contribution in [3.8, 4) is 0 Å². The van der Waals surface area contributed by atoms with Gasteiger partial charge >= 0.3 is 0 Å². The zero-order valence-electron chi connectivity index (χ0n) is 16.5. The maximum atomic E-state index is 13.1. The van der Waals surface area contributed by atoms with Crippen LogP contribution >= 0.6 is 11.8 Å². The van der Waals surface area contributed by atoms with Crippen molar-refractivity contribution in [1.82, 2.24) is 25.0 Å². The Kier molecular flexibility index (Phi) is 5.71. The first-order chi connectivity index (χ1) is 14.5. The van der Waals surface area contributed by atoms with Crippen LogP contribution in [0.1, 0.15) is 16.7 Å². The van der Waals surface area contributed by atoms with E-state index in [-0.39, 0.29) is 17.5 Å². The molecule has 2 aromatic carbocycles. The summed E-state index contributed by atoms with van der Waals surface area (Å²) in [6.07, 6.45) is 1.43. The summed E-state index contributed by atoms with van der Waals surface area (Å²) in [5, 5.41) is 11.8. The van der Waals surface area contributed by atoms with Crippen LogP contribution in [0.15, 0.2) is 53.8 Å². The Bertz CT molecular complexity index is 1190. The van der Waals surface area contributed by atoms with Crippen molar-refractivity contribution >= 4 is 34.5 Å². The van der Waals surface area contributed by atoms with E-state index >= 15 is 0 Å². The first kappa shape index (κ1) is 20.0. The van der Waals surface area contributed by atoms with Gasteiger partial charge in [0, 0.05) is 5.69 Å². The van der Waals surface area contributed by atoms with Crippen LogP contribution in [-0.2, 0) is 11.3 Å². The van der Waals surface area contributed by atoms with E-state index in [1.165, 1.54) is 30.2 Å². The van der Waals surface area contributed by atoms with E-state index in [1.807, 2.05) is 26.0 Å². The third-order valence-corrected chi connectivity index (χ3v) is 5.34. The summed E-state index contributed by atoms with van der Waals surface area (Å²) in [5.41, 5.74) is 4.93. The Hall–Kier alpha value is -3.33. The molecule has 0 aliphatic heterocycles. The number of aromatic nitrogens is 5. The molecule has 0 unspecified atom stereocenters. The van der Waals surface area contributed by atoms with Crippen molar-refractivity contribution in [2.45, 2.75) is 25.4 Å². The maximum Gasteiger partial charge on any atom is 0.234 e. The molecule has 0 bridgehead atoms. The second-order valence-corrected chi connectivity index (χ2v) is 7.90. The Morgan fingerprint density at radius 2 is 1.83 bits per heavy atom. The fourth-order valence-corrected chi connectivity index (χ4v) is 3.85. The Morgan fingerprint density at radius 1 is 1.10 bits per heavy atom. The number of hydrogen-bond acceptors (Lipinski definition) is 6. The summed E-state index contributed by atoms with van der Waals surface area (Å²) in [6, 6.07) is 12.1. The largest absolute Gasteiger partial charge is 0.325 e. The van der Waals surface area contributed by atoms with E-state index in [2.05, 4.69) is 31.7 Å². The molecule has 0 saturated heterocycles. The summed E-state index contributed by atoms with van der Waals surface area (Å²) in [7, 11) is 0. The van der Waals surface area contributed by atoms with Crippen molar-refractivity contribution in [2.24, 2.45) is 0 Å². The summed E-state index contributed by atoms with van der Waals surface area (Å²) in [5.74, 6) is -0.234. The summed E-state index contributed by atoms with van der Waals surface area (Å²) in [6.45, 7) is 4.39. The van der Waals surface area contributed by atoms with E-state index in [4.69, 9.17) is 0 Å². The lowest BCUT2D eigenvalue weighted by Gasteiger charge is -2.07. The predicted octanol–water partition coefficient (Wildman–Crippen LogP) is 3.76. The third kappa shape index (κ3) is 4.62. The van der Waals surface area contributed by atoms with Gasteiger partial charge in [-0.3, -0.25) is 4.79 Å². The number of anilines is 1. The molecular formula is C21H19FN6OS. The highest BCUT2D eigenvalue weighted by Crippen LogP contribution is 2.23. The first-order valence-electron chi connectivity index (χ1n) is 9.27. The van der Waals surface area contributed by atoms with Crippen LogP contribution in [0.4, 0.5) is 10.1 Å². The lowest BCUT2D eigenvalue weighted by molar-refractivity contribution is -0.113. The molecule has 9 heteroatoms. The number of thioether (sulfide) groups is 1. The average Bonchev–Trinajstić information content (AvgIpc) is 3.11. The van der Waals surface area contributed by atoms with Gasteiger partial charge in [0.25, 0.3) is 0 Å². The van der Waals surface area contributed by atoms with Crippen molar-refractivity contribution < 1.29 is 9.18 Å². The summed E-state index contributed by atoms with van der Waals surface area (Å²) >= 11 is 1.28. The molecule has 4 rings (SSSR count). The standard InChI is InChI=1S/C21H19FN6OS/c1-13-7-14(2)9-17(8-13)25-18(29)11-30-21-19-20(23-12-24-21)28(27-26-19)10-15-3-5-16(22)6-4-15/h3-9,12H,10-11H2,1-2H3,(H,25,29). The summed E-state index contributed by atoms with van der Waals surface area (Å²) < 4.78 is 14.7. The number of nitrogens with one attached hydrogen (secondary N) is 1. The Labute approximate surface area is 176 Å². The molecule has 2 aromatic heterocycles. The van der Waals surface area contributed by atoms with Gasteiger partial charge < -0.3 is 5.32 Å². The number of rotatable bonds is 6. The number of carbonyl (C=O) groups excluding carboxylic acids is 1. The minimum absolute atomic E-state index is 0.129. The zero-order chi connectivity index (χ0) is 21.1. The van der Waals surface area contributed by atoms with Crippen LogP contribution in [0.3, 0.4) is 0 Å². The van der Waals surface area contributed by atoms with E-state index in [1.54, 1.807) is 16.8 Å². The number of benzene rings is 2. The quantitative estimate of drug-likeness (QED) is 0.376. The van der Waals surface area contributed by atoms with Gasteiger partial charge in [-0.25, -0.2) is 19.0 Å². The van der Waals surface area contributed by atoms with Gasteiger partial charge in [0.05, 0.1) is 12.3 Å². The predicted molar refractivity (Wildman–Crippen MR) is 114 cm³/mol. The molecule has 0 radical (unpaired) electrons. The number of amides is 1.